The first kappa shape index (κ1) is 13.1. The predicted octanol–water partition coefficient (Wildman–Crippen LogP) is 1.90. The van der Waals surface area contributed by atoms with Gasteiger partial charge in [0, 0.05) is 18.3 Å². The molecule has 0 amide bonds. The van der Waals surface area contributed by atoms with E-state index in [1.807, 2.05) is 6.92 Å². The number of pyridine rings is 1. The number of anilines is 1. The lowest BCUT2D eigenvalue weighted by Crippen LogP contribution is -2.07. The van der Waals surface area contributed by atoms with Crippen LogP contribution >= 0.6 is 0 Å². The average Bonchev–Trinajstić information content (AvgIpc) is 2.44. The Morgan fingerprint density at radius 3 is 2.79 bits per heavy atom. The molecule has 0 aliphatic carbocycles. The van der Waals surface area contributed by atoms with Gasteiger partial charge in [-0.05, 0) is 12.5 Å². The second-order valence-electron chi connectivity index (χ2n) is 3.79. The smallest absolute Gasteiger partial charge is 0.321 e. The third-order valence-corrected chi connectivity index (χ3v) is 2.29. The number of hydrogen-bond acceptors (Lipinski definition) is 6. The van der Waals surface area contributed by atoms with Crippen molar-refractivity contribution in [3.8, 4) is 17.4 Å². The molecule has 2 heterocycles. The van der Waals surface area contributed by atoms with Crippen molar-refractivity contribution in [3.05, 3.63) is 24.3 Å². The lowest BCUT2D eigenvalue weighted by atomic mass is 10.2. The number of rotatable bonds is 5. The Kier molecular flexibility index (Phi) is 4.17. The van der Waals surface area contributed by atoms with Crippen molar-refractivity contribution >= 4 is 5.95 Å². The number of nitrogens with one attached hydrogen (secondary N) is 1. The number of hydrogen-bond donors (Lipinski definition) is 1. The monoisotopic (exact) mass is 263 g/mol. The molecule has 6 nitrogen and oxygen atoms in total. The molecular weight excluding hydrogens is 249 g/mol. The van der Waals surface area contributed by atoms with Gasteiger partial charge in [0.25, 0.3) is 0 Å². The maximum absolute atomic E-state index is 13.2. The zero-order chi connectivity index (χ0) is 13.7. The van der Waals surface area contributed by atoms with E-state index in [2.05, 4.69) is 25.3 Å². The van der Waals surface area contributed by atoms with Gasteiger partial charge in [-0.1, -0.05) is 6.92 Å². The predicted molar refractivity (Wildman–Crippen MR) is 68.3 cm³/mol. The summed E-state index contributed by atoms with van der Waals surface area (Å²) in [5.74, 6) is 0.269. The molecule has 0 bridgehead atoms. The molecule has 2 rings (SSSR count). The first-order chi connectivity index (χ1) is 9.22. The third-order valence-electron chi connectivity index (χ3n) is 2.29. The van der Waals surface area contributed by atoms with Gasteiger partial charge >= 0.3 is 6.01 Å². The summed E-state index contributed by atoms with van der Waals surface area (Å²) in [5.41, 5.74) is 0.472. The molecule has 0 saturated heterocycles. The molecule has 0 aliphatic rings. The van der Waals surface area contributed by atoms with Crippen LogP contribution in [0.3, 0.4) is 0 Å². The van der Waals surface area contributed by atoms with E-state index < -0.39 is 5.82 Å². The molecule has 2 aromatic rings. The summed E-state index contributed by atoms with van der Waals surface area (Å²) in [4.78, 5) is 16.1. The van der Waals surface area contributed by atoms with Gasteiger partial charge in [0.15, 0.2) is 5.82 Å². The minimum absolute atomic E-state index is 0.174. The molecule has 1 N–H and O–H groups in total. The fraction of sp³-hybridized carbons (Fsp3) is 0.333. The van der Waals surface area contributed by atoms with Gasteiger partial charge < -0.3 is 10.1 Å². The minimum Gasteiger partial charge on any atom is -0.467 e. The summed E-state index contributed by atoms with van der Waals surface area (Å²) >= 11 is 0. The first-order valence-corrected chi connectivity index (χ1v) is 5.87. The van der Waals surface area contributed by atoms with Crippen molar-refractivity contribution in [3.63, 3.8) is 0 Å². The van der Waals surface area contributed by atoms with Crippen molar-refractivity contribution in [2.75, 3.05) is 19.0 Å². The fourth-order valence-electron chi connectivity index (χ4n) is 1.43. The summed E-state index contributed by atoms with van der Waals surface area (Å²) in [6, 6.07) is 1.48. The standard InChI is InChI=1S/C12H14FN5O/c1-3-4-15-11-16-10(17-12(18-11)19-2)8-5-9(13)7-14-6-8/h5-7H,3-4H2,1-2H3,(H,15,16,17,18). The van der Waals surface area contributed by atoms with Crippen LogP contribution in [0, 0.1) is 5.82 Å². The van der Waals surface area contributed by atoms with Crippen LogP contribution in [0.25, 0.3) is 11.4 Å². The normalized spacial score (nSPS) is 10.3. The van der Waals surface area contributed by atoms with Gasteiger partial charge in [0.05, 0.1) is 13.3 Å². The molecule has 0 atom stereocenters. The maximum Gasteiger partial charge on any atom is 0.321 e. The average molecular weight is 263 g/mol. The molecular formula is C12H14FN5O. The highest BCUT2D eigenvalue weighted by atomic mass is 19.1. The fourth-order valence-corrected chi connectivity index (χ4v) is 1.43. The lowest BCUT2D eigenvalue weighted by molar-refractivity contribution is 0.379. The number of methoxy groups -OCH3 is 1. The van der Waals surface area contributed by atoms with Crippen LogP contribution in [-0.2, 0) is 0 Å². The number of ether oxygens (including phenoxy) is 1. The van der Waals surface area contributed by atoms with Gasteiger partial charge in [0.1, 0.15) is 5.82 Å². The number of nitrogens with zero attached hydrogens (tertiary/aromatic N) is 4. The molecule has 2 aromatic heterocycles. The third kappa shape index (κ3) is 3.34. The molecule has 0 aliphatic heterocycles. The second kappa shape index (κ2) is 6.03. The van der Waals surface area contributed by atoms with E-state index in [-0.39, 0.29) is 6.01 Å². The largest absolute Gasteiger partial charge is 0.467 e. The molecule has 0 saturated carbocycles. The summed E-state index contributed by atoms with van der Waals surface area (Å²) in [7, 11) is 1.46. The van der Waals surface area contributed by atoms with Crippen LogP contribution in [0.15, 0.2) is 18.5 Å². The first-order valence-electron chi connectivity index (χ1n) is 5.87. The van der Waals surface area contributed by atoms with Crippen molar-refractivity contribution in [1.29, 1.82) is 0 Å². The molecule has 19 heavy (non-hydrogen) atoms. The van der Waals surface area contributed by atoms with E-state index in [4.69, 9.17) is 4.74 Å². The van der Waals surface area contributed by atoms with Crippen LogP contribution in [0.4, 0.5) is 10.3 Å². The Hall–Kier alpha value is -2.31. The Balaban J connectivity index is 2.38. The van der Waals surface area contributed by atoms with Crippen molar-refractivity contribution in [2.24, 2.45) is 0 Å². The molecule has 7 heteroatoms. The Morgan fingerprint density at radius 2 is 2.11 bits per heavy atom. The van der Waals surface area contributed by atoms with Crippen molar-refractivity contribution in [2.45, 2.75) is 13.3 Å². The van der Waals surface area contributed by atoms with Gasteiger partial charge in [0.2, 0.25) is 5.95 Å². The van der Waals surface area contributed by atoms with E-state index in [0.717, 1.165) is 19.2 Å². The summed E-state index contributed by atoms with van der Waals surface area (Å²) < 4.78 is 18.2. The summed E-state index contributed by atoms with van der Waals surface area (Å²) in [6.07, 6.45) is 3.55. The SMILES string of the molecule is CCCNc1nc(OC)nc(-c2cncc(F)c2)n1. The molecule has 0 radical (unpaired) electrons. The van der Waals surface area contributed by atoms with E-state index >= 15 is 0 Å². The number of halogens is 1. The van der Waals surface area contributed by atoms with E-state index in [9.17, 15) is 4.39 Å². The van der Waals surface area contributed by atoms with Crippen LogP contribution in [0.5, 0.6) is 6.01 Å². The zero-order valence-corrected chi connectivity index (χ0v) is 10.7. The Labute approximate surface area is 110 Å². The lowest BCUT2D eigenvalue weighted by Gasteiger charge is -2.07. The minimum atomic E-state index is -0.444. The number of aromatic nitrogens is 4. The van der Waals surface area contributed by atoms with Gasteiger partial charge in [-0.15, -0.1) is 0 Å². The zero-order valence-electron chi connectivity index (χ0n) is 10.7. The van der Waals surface area contributed by atoms with Crippen LogP contribution < -0.4 is 10.1 Å². The molecule has 0 aromatic carbocycles. The summed E-state index contributed by atoms with van der Waals surface area (Å²) in [5, 5.41) is 3.04. The molecule has 0 fully saturated rings. The molecule has 100 valence electrons. The highest BCUT2D eigenvalue weighted by Crippen LogP contribution is 2.18. The van der Waals surface area contributed by atoms with Gasteiger partial charge in [-0.25, -0.2) is 4.39 Å². The van der Waals surface area contributed by atoms with Gasteiger partial charge in [-0.2, -0.15) is 15.0 Å². The van der Waals surface area contributed by atoms with Crippen molar-refractivity contribution < 1.29 is 9.13 Å². The highest BCUT2D eigenvalue weighted by Gasteiger charge is 2.09. The molecule has 0 unspecified atom stereocenters. The van der Waals surface area contributed by atoms with Crippen LogP contribution in [0.1, 0.15) is 13.3 Å². The topological polar surface area (TPSA) is 72.8 Å². The van der Waals surface area contributed by atoms with Crippen LogP contribution in [0.2, 0.25) is 0 Å². The van der Waals surface area contributed by atoms with E-state index in [1.165, 1.54) is 19.4 Å². The molecule has 0 spiro atoms. The van der Waals surface area contributed by atoms with Crippen LogP contribution in [-0.4, -0.2) is 33.6 Å². The van der Waals surface area contributed by atoms with E-state index in [0.29, 0.717) is 17.3 Å². The Morgan fingerprint density at radius 1 is 1.26 bits per heavy atom. The van der Waals surface area contributed by atoms with Crippen molar-refractivity contribution in [1.82, 2.24) is 19.9 Å². The quantitative estimate of drug-likeness (QED) is 0.888. The Bertz CT molecular complexity index is 564. The maximum atomic E-state index is 13.2. The van der Waals surface area contributed by atoms with Gasteiger partial charge in [-0.3, -0.25) is 4.98 Å². The highest BCUT2D eigenvalue weighted by molar-refractivity contribution is 5.55. The van der Waals surface area contributed by atoms with E-state index in [1.54, 1.807) is 0 Å². The second-order valence-corrected chi connectivity index (χ2v) is 3.79. The summed E-state index contributed by atoms with van der Waals surface area (Å²) in [6.45, 7) is 2.76.